The highest BCUT2D eigenvalue weighted by Gasteiger charge is 2.21. The molecule has 0 fully saturated rings. The molecular weight excluding hydrogens is 821 g/mol. The Morgan fingerprint density at radius 1 is 0.191 bits per heavy atom. The topological polar surface area (TPSA) is 6.48 Å². The highest BCUT2D eigenvalue weighted by Crippen LogP contribution is 2.47. The largest absolute Gasteiger partial charge is 0.310 e. The molecule has 0 atom stereocenters. The molecule has 0 aliphatic heterocycles. The number of nitrogens with zero attached hydrogens (tertiary/aromatic N) is 2. The first-order chi connectivity index (χ1) is 33.7. The minimum absolute atomic E-state index is 1.10. The third-order valence-electron chi connectivity index (χ3n) is 13.8. The molecule has 13 rings (SSSR count). The maximum atomic E-state index is 2.41. The van der Waals surface area contributed by atoms with Gasteiger partial charge in [0.05, 0.1) is 11.4 Å². The van der Waals surface area contributed by atoms with Crippen molar-refractivity contribution in [2.45, 2.75) is 0 Å². The quantitative estimate of drug-likeness (QED) is 0.140. The summed E-state index contributed by atoms with van der Waals surface area (Å²) in [7, 11) is 0. The zero-order chi connectivity index (χ0) is 45.0. The van der Waals surface area contributed by atoms with Crippen molar-refractivity contribution in [3.63, 3.8) is 0 Å². The smallest absolute Gasteiger partial charge is 0.0540 e. The molecule has 0 heterocycles. The van der Waals surface area contributed by atoms with E-state index in [1.807, 2.05) is 0 Å². The van der Waals surface area contributed by atoms with Gasteiger partial charge >= 0.3 is 0 Å². The second kappa shape index (κ2) is 16.5. The lowest BCUT2D eigenvalue weighted by Crippen LogP contribution is -2.10. The standard InChI is InChI=1S/C66H44N2/c1-3-19-51-43-55(41-31-45(51)15-1)67(63-29-13-21-47-17-5-7-23-57(47)63)53-37-33-49(34-38-53)65-59-25-9-11-27-61(59)66(62-28-12-10-26-60(62)65)50-35-39-54(40-36-50)68(56-42-32-46-16-2-4-20-52(46)44-56)64-30-14-22-48-18-6-8-24-58(48)64/h1-44H. The number of rotatable bonds is 8. The van der Waals surface area contributed by atoms with Gasteiger partial charge in [-0.05, 0) is 137 Å². The van der Waals surface area contributed by atoms with Gasteiger partial charge in [0.15, 0.2) is 0 Å². The fraction of sp³-hybridized carbons (Fsp3) is 0. The van der Waals surface area contributed by atoms with Crippen molar-refractivity contribution in [3.8, 4) is 22.3 Å². The van der Waals surface area contributed by atoms with Gasteiger partial charge in [-0.1, -0.05) is 206 Å². The first-order valence-corrected chi connectivity index (χ1v) is 23.4. The van der Waals surface area contributed by atoms with Crippen LogP contribution in [0.15, 0.2) is 267 Å². The summed E-state index contributed by atoms with van der Waals surface area (Å²) in [6.45, 7) is 0. The molecule has 0 bridgehead atoms. The molecule has 0 radical (unpaired) electrons. The molecule has 0 saturated carbocycles. The molecular formula is C66H44N2. The zero-order valence-electron chi connectivity index (χ0n) is 37.3. The highest BCUT2D eigenvalue weighted by molar-refractivity contribution is 6.21. The van der Waals surface area contributed by atoms with E-state index in [0.717, 1.165) is 34.1 Å². The predicted molar refractivity (Wildman–Crippen MR) is 292 cm³/mol. The first-order valence-electron chi connectivity index (χ1n) is 23.4. The van der Waals surface area contributed by atoms with Gasteiger partial charge in [0.2, 0.25) is 0 Å². The Balaban J connectivity index is 0.938. The van der Waals surface area contributed by atoms with E-state index in [0.29, 0.717) is 0 Å². The van der Waals surface area contributed by atoms with Gasteiger partial charge in [-0.3, -0.25) is 0 Å². The summed E-state index contributed by atoms with van der Waals surface area (Å²) in [6.07, 6.45) is 0. The van der Waals surface area contributed by atoms with Crippen molar-refractivity contribution >= 4 is 98.8 Å². The lowest BCUT2D eigenvalue weighted by molar-refractivity contribution is 1.30. The lowest BCUT2D eigenvalue weighted by Gasteiger charge is -2.28. The third-order valence-corrected chi connectivity index (χ3v) is 13.8. The lowest BCUT2D eigenvalue weighted by atomic mass is 9.86. The van der Waals surface area contributed by atoms with Gasteiger partial charge in [-0.2, -0.15) is 0 Å². The Morgan fingerprint density at radius 3 is 0.868 bits per heavy atom. The first kappa shape index (κ1) is 39.4. The van der Waals surface area contributed by atoms with Crippen LogP contribution in [-0.4, -0.2) is 0 Å². The summed E-state index contributed by atoms with van der Waals surface area (Å²) in [5.41, 5.74) is 11.6. The molecule has 0 saturated heterocycles. The van der Waals surface area contributed by atoms with Gasteiger partial charge in [0.1, 0.15) is 0 Å². The Labute approximate surface area is 395 Å². The van der Waals surface area contributed by atoms with Crippen LogP contribution in [0.2, 0.25) is 0 Å². The van der Waals surface area contributed by atoms with Crippen molar-refractivity contribution in [2.24, 2.45) is 0 Å². The van der Waals surface area contributed by atoms with Gasteiger partial charge in [-0.15, -0.1) is 0 Å². The monoisotopic (exact) mass is 864 g/mol. The number of hydrogen-bond acceptors (Lipinski definition) is 2. The second-order valence-electron chi connectivity index (χ2n) is 17.7. The molecule has 2 heteroatoms. The molecule has 0 N–H and O–H groups in total. The molecule has 68 heavy (non-hydrogen) atoms. The zero-order valence-corrected chi connectivity index (χ0v) is 37.3. The van der Waals surface area contributed by atoms with Crippen LogP contribution in [-0.2, 0) is 0 Å². The van der Waals surface area contributed by atoms with Crippen molar-refractivity contribution in [1.29, 1.82) is 0 Å². The highest BCUT2D eigenvalue weighted by atomic mass is 15.1. The van der Waals surface area contributed by atoms with Crippen LogP contribution in [0.4, 0.5) is 34.1 Å². The van der Waals surface area contributed by atoms with E-state index in [9.17, 15) is 0 Å². The maximum absolute atomic E-state index is 2.41. The fourth-order valence-electron chi connectivity index (χ4n) is 10.6. The average Bonchev–Trinajstić information content (AvgIpc) is 3.41. The molecule has 2 nitrogen and oxygen atoms in total. The summed E-state index contributed by atoms with van der Waals surface area (Å²) < 4.78 is 0. The van der Waals surface area contributed by atoms with E-state index >= 15 is 0 Å². The average molecular weight is 865 g/mol. The van der Waals surface area contributed by atoms with Crippen LogP contribution < -0.4 is 9.80 Å². The molecule has 0 aliphatic rings. The normalized spacial score (nSPS) is 11.5. The maximum Gasteiger partial charge on any atom is 0.0540 e. The van der Waals surface area contributed by atoms with E-state index in [1.54, 1.807) is 0 Å². The molecule has 13 aromatic carbocycles. The van der Waals surface area contributed by atoms with Crippen LogP contribution in [0, 0.1) is 0 Å². The van der Waals surface area contributed by atoms with E-state index in [1.165, 1.54) is 86.9 Å². The Kier molecular flexibility index (Phi) is 9.54. The van der Waals surface area contributed by atoms with E-state index in [-0.39, 0.29) is 0 Å². The SMILES string of the molecule is c1ccc2cc(N(c3ccc(-c4c5ccccc5c(-c5ccc(N(c6ccc7ccccc7c6)c6cccc7ccccc67)cc5)c5ccccc45)cc3)c3cccc4ccccc34)ccc2c1. The summed E-state index contributed by atoms with van der Waals surface area (Å²) in [5.74, 6) is 0. The van der Waals surface area contributed by atoms with Crippen molar-refractivity contribution < 1.29 is 0 Å². The number of anilines is 6. The van der Waals surface area contributed by atoms with Gasteiger partial charge in [0.25, 0.3) is 0 Å². The molecule has 0 spiro atoms. The summed E-state index contributed by atoms with van der Waals surface area (Å²) in [6, 6.07) is 97.6. The Morgan fingerprint density at radius 2 is 0.485 bits per heavy atom. The fourth-order valence-corrected chi connectivity index (χ4v) is 10.6. The van der Waals surface area contributed by atoms with Crippen LogP contribution in [0.3, 0.4) is 0 Å². The van der Waals surface area contributed by atoms with Gasteiger partial charge in [0, 0.05) is 33.5 Å². The summed E-state index contributed by atoms with van der Waals surface area (Å²) in [4.78, 5) is 4.81. The summed E-state index contributed by atoms with van der Waals surface area (Å²) in [5, 5.41) is 14.7. The van der Waals surface area contributed by atoms with Crippen LogP contribution >= 0.6 is 0 Å². The van der Waals surface area contributed by atoms with Gasteiger partial charge in [-0.25, -0.2) is 0 Å². The van der Waals surface area contributed by atoms with Crippen molar-refractivity contribution in [2.75, 3.05) is 9.80 Å². The minimum Gasteiger partial charge on any atom is -0.310 e. The molecule has 318 valence electrons. The Bertz CT molecular complexity index is 3710. The third kappa shape index (κ3) is 6.73. The molecule has 13 aromatic rings. The van der Waals surface area contributed by atoms with Crippen LogP contribution in [0.25, 0.3) is 86.9 Å². The van der Waals surface area contributed by atoms with E-state index < -0.39 is 0 Å². The molecule has 0 unspecified atom stereocenters. The van der Waals surface area contributed by atoms with Crippen molar-refractivity contribution in [1.82, 2.24) is 0 Å². The molecule has 0 aromatic heterocycles. The number of fused-ring (bicyclic) bond motifs is 6. The number of benzene rings is 13. The Hall–Kier alpha value is -8.98. The minimum atomic E-state index is 1.10. The van der Waals surface area contributed by atoms with E-state index in [4.69, 9.17) is 0 Å². The predicted octanol–water partition coefficient (Wildman–Crippen LogP) is 18.9. The molecule has 0 aliphatic carbocycles. The van der Waals surface area contributed by atoms with Crippen LogP contribution in [0.1, 0.15) is 0 Å². The van der Waals surface area contributed by atoms with Gasteiger partial charge < -0.3 is 9.80 Å². The number of hydrogen-bond donors (Lipinski definition) is 0. The second-order valence-corrected chi connectivity index (χ2v) is 17.7. The van der Waals surface area contributed by atoms with E-state index in [2.05, 4.69) is 277 Å². The summed E-state index contributed by atoms with van der Waals surface area (Å²) >= 11 is 0. The van der Waals surface area contributed by atoms with Crippen LogP contribution in [0.5, 0.6) is 0 Å². The van der Waals surface area contributed by atoms with Crippen molar-refractivity contribution in [3.05, 3.63) is 267 Å². The molecule has 0 amide bonds.